The van der Waals surface area contributed by atoms with E-state index in [4.69, 9.17) is 9.47 Å². The van der Waals surface area contributed by atoms with Crippen LogP contribution in [0.5, 0.6) is 11.5 Å². The zero-order valence-electron chi connectivity index (χ0n) is 30.8. The number of ether oxygens (including phenoxy) is 2. The number of hydrogen-bond donors (Lipinski definition) is 2. The number of halogens is 2. The van der Waals surface area contributed by atoms with Gasteiger partial charge in [-0.15, -0.1) is 0 Å². The average molecular weight is 869 g/mol. The Balaban J connectivity index is 1.54. The second kappa shape index (κ2) is 14.1. The predicted molar refractivity (Wildman–Crippen MR) is 227 cm³/mol. The Bertz CT molecular complexity index is 2820. The lowest BCUT2D eigenvalue weighted by Gasteiger charge is -2.46. The van der Waals surface area contributed by atoms with E-state index in [-0.39, 0.29) is 13.2 Å². The van der Waals surface area contributed by atoms with Crippen LogP contribution in [0.3, 0.4) is 0 Å². The predicted octanol–water partition coefficient (Wildman–Crippen LogP) is 10.6. The van der Waals surface area contributed by atoms with Gasteiger partial charge in [-0.25, -0.2) is 0 Å². The van der Waals surface area contributed by atoms with Crippen LogP contribution in [0.2, 0.25) is 0 Å². The van der Waals surface area contributed by atoms with Gasteiger partial charge in [0.25, 0.3) is 0 Å². The largest absolute Gasteiger partial charge is 0.491 e. The first-order valence-corrected chi connectivity index (χ1v) is 19.6. The Hall–Kier alpha value is -5.62. The number of aliphatic hydroxyl groups is 2. The van der Waals surface area contributed by atoms with Crippen molar-refractivity contribution in [1.29, 1.82) is 10.5 Å². The van der Waals surface area contributed by atoms with E-state index in [1.54, 1.807) is 45.0 Å². The number of rotatable bonds is 10. The summed E-state index contributed by atoms with van der Waals surface area (Å²) in [5, 5.41) is 49.0. The molecule has 8 nitrogen and oxygen atoms in total. The highest BCUT2D eigenvalue weighted by molar-refractivity contribution is 9.10. The van der Waals surface area contributed by atoms with Crippen molar-refractivity contribution in [3.05, 3.63) is 153 Å². The van der Waals surface area contributed by atoms with Crippen LogP contribution in [-0.4, -0.2) is 37.2 Å². The Morgan fingerprint density at radius 1 is 0.625 bits per heavy atom. The second-order valence-corrected chi connectivity index (χ2v) is 16.7. The van der Waals surface area contributed by atoms with Crippen molar-refractivity contribution in [2.45, 2.75) is 44.2 Å². The minimum atomic E-state index is -1.78. The van der Waals surface area contributed by atoms with Crippen molar-refractivity contribution in [2.75, 3.05) is 6.61 Å². The lowest BCUT2D eigenvalue weighted by Crippen LogP contribution is -2.57. The van der Waals surface area contributed by atoms with Gasteiger partial charge in [-0.05, 0) is 112 Å². The molecule has 0 spiro atoms. The first kappa shape index (κ1) is 37.3. The van der Waals surface area contributed by atoms with Crippen molar-refractivity contribution >= 4 is 75.5 Å². The first-order valence-electron chi connectivity index (χ1n) is 18.0. The number of benzene rings is 6. The van der Waals surface area contributed by atoms with Crippen molar-refractivity contribution in [2.24, 2.45) is 0 Å². The zero-order valence-corrected chi connectivity index (χ0v) is 34.0. The van der Waals surface area contributed by atoms with Crippen molar-refractivity contribution in [3.8, 4) is 23.6 Å². The molecule has 8 rings (SSSR count). The summed E-state index contributed by atoms with van der Waals surface area (Å²) < 4.78 is 19.2. The third-order valence-electron chi connectivity index (χ3n) is 10.2. The maximum absolute atomic E-state index is 13.0. The molecule has 0 aliphatic heterocycles. The van der Waals surface area contributed by atoms with E-state index < -0.39 is 16.9 Å². The second-order valence-electron chi connectivity index (χ2n) is 14.8. The van der Waals surface area contributed by atoms with Gasteiger partial charge < -0.3 is 24.3 Å². The molecule has 2 unspecified atom stereocenters. The van der Waals surface area contributed by atoms with E-state index in [9.17, 15) is 20.7 Å². The number of fused-ring (bicyclic) bond motifs is 6. The summed E-state index contributed by atoms with van der Waals surface area (Å²) in [6, 6.07) is 44.2. The van der Waals surface area contributed by atoms with Gasteiger partial charge in [0.05, 0.1) is 46.4 Å². The van der Waals surface area contributed by atoms with Crippen LogP contribution < -0.4 is 9.47 Å². The van der Waals surface area contributed by atoms with E-state index in [0.717, 1.165) is 36.3 Å². The van der Waals surface area contributed by atoms with Gasteiger partial charge in [0.15, 0.2) is 0 Å². The highest BCUT2D eigenvalue weighted by Gasteiger charge is 2.53. The molecular weight excluding hydrogens is 832 g/mol. The molecule has 2 aromatic heterocycles. The Labute approximate surface area is 340 Å². The van der Waals surface area contributed by atoms with Gasteiger partial charge in [-0.2, -0.15) is 10.5 Å². The molecule has 2 atom stereocenters. The quantitative estimate of drug-likeness (QED) is 0.141. The minimum absolute atomic E-state index is 0.0339. The lowest BCUT2D eigenvalue weighted by atomic mass is 9.83. The smallest absolute Gasteiger partial charge is 0.243 e. The van der Waals surface area contributed by atoms with Crippen LogP contribution in [0.15, 0.2) is 136 Å². The molecule has 0 saturated carbocycles. The molecule has 0 fully saturated rings. The van der Waals surface area contributed by atoms with Crippen LogP contribution >= 0.6 is 31.9 Å². The van der Waals surface area contributed by atoms with Gasteiger partial charge in [0.1, 0.15) is 29.3 Å². The zero-order chi connectivity index (χ0) is 39.4. The minimum Gasteiger partial charge on any atom is -0.491 e. The molecule has 278 valence electrons. The summed E-state index contributed by atoms with van der Waals surface area (Å²) in [5.41, 5.74) is -0.805. The van der Waals surface area contributed by atoms with Crippen LogP contribution in [-0.2, 0) is 12.3 Å². The molecule has 56 heavy (non-hydrogen) atoms. The third-order valence-corrected chi connectivity index (χ3v) is 11.2. The average Bonchev–Trinajstić information content (AvgIpc) is 3.66. The summed E-state index contributed by atoms with van der Waals surface area (Å²) in [6.45, 7) is 5.15. The summed E-state index contributed by atoms with van der Waals surface area (Å²) in [7, 11) is 0. The fourth-order valence-corrected chi connectivity index (χ4v) is 8.57. The Morgan fingerprint density at radius 3 is 1.73 bits per heavy atom. The molecule has 0 amide bonds. The number of para-hydroxylation sites is 2. The van der Waals surface area contributed by atoms with Crippen LogP contribution in [0, 0.1) is 22.7 Å². The normalized spacial score (nSPS) is 14.0. The summed E-state index contributed by atoms with van der Waals surface area (Å²) >= 11 is 7.37. The maximum Gasteiger partial charge on any atom is 0.243 e. The molecule has 10 heteroatoms. The first-order chi connectivity index (χ1) is 26.8. The van der Waals surface area contributed by atoms with Crippen LogP contribution in [0.1, 0.15) is 37.5 Å². The van der Waals surface area contributed by atoms with E-state index >= 15 is 0 Å². The number of nitriles is 2. The number of hydrogen-bond acceptors (Lipinski definition) is 6. The fraction of sp³-hybridized carbons (Fsp3) is 0.174. The van der Waals surface area contributed by atoms with Crippen LogP contribution in [0.25, 0.3) is 43.6 Å². The number of nitrogens with zero attached hydrogens (tertiary/aromatic N) is 4. The van der Waals surface area contributed by atoms with Crippen molar-refractivity contribution < 1.29 is 19.7 Å². The van der Waals surface area contributed by atoms with E-state index in [1.807, 2.05) is 112 Å². The van der Waals surface area contributed by atoms with Crippen molar-refractivity contribution in [1.82, 2.24) is 9.13 Å². The van der Waals surface area contributed by atoms with Gasteiger partial charge in [-0.3, -0.25) is 4.57 Å². The molecule has 2 N–H and O–H groups in total. The molecule has 0 bridgehead atoms. The van der Waals surface area contributed by atoms with Gasteiger partial charge in [-0.1, -0.05) is 68.3 Å². The van der Waals surface area contributed by atoms with Gasteiger partial charge >= 0.3 is 0 Å². The lowest BCUT2D eigenvalue weighted by molar-refractivity contribution is -0.132. The van der Waals surface area contributed by atoms with E-state index in [1.165, 1.54) is 0 Å². The van der Waals surface area contributed by atoms with E-state index in [2.05, 4.69) is 44.0 Å². The molecule has 0 saturated heterocycles. The topological polar surface area (TPSA) is 116 Å². The van der Waals surface area contributed by atoms with E-state index in [0.29, 0.717) is 44.5 Å². The maximum atomic E-state index is 13.0. The number of aromatic nitrogens is 2. The molecule has 6 aromatic carbocycles. The molecule has 0 radical (unpaired) electrons. The standard InChI is InChI=1S/C46H36Br2N4O4/c1-44(2,53)46(56-34-12-8-5-9-13-34,52-41-18-15-31(47)23-36(41)37-24-32(48)16-19-42(37)52)39-22-30(26-50)21-38-35-20-29(25-49)14-17-40(35)51(43(38)39)27-45(3,54)28-55-33-10-6-4-7-11-33/h4-24,53-54H,27-28H2,1-3H3. The SMILES string of the molecule is CC(O)(COc1ccccc1)Cn1c2ccc(C#N)cc2c2cc(C#N)cc(C(Oc3ccccc3)(n3c4ccc(Br)cc4c4cc(Br)ccc43)C(C)(C)O)c21. The van der Waals surface area contributed by atoms with Crippen molar-refractivity contribution in [3.63, 3.8) is 0 Å². The highest BCUT2D eigenvalue weighted by atomic mass is 79.9. The highest BCUT2D eigenvalue weighted by Crippen LogP contribution is 2.49. The summed E-state index contributed by atoms with van der Waals surface area (Å²) in [4.78, 5) is 0. The molecule has 8 aromatic rings. The fourth-order valence-electron chi connectivity index (χ4n) is 7.85. The third kappa shape index (κ3) is 6.39. The molecule has 0 aliphatic rings. The Kier molecular flexibility index (Phi) is 9.43. The molecule has 0 aliphatic carbocycles. The summed E-state index contributed by atoms with van der Waals surface area (Å²) in [6.07, 6.45) is 0. The molecular formula is C46H36Br2N4O4. The Morgan fingerprint density at radius 2 is 1.16 bits per heavy atom. The van der Waals surface area contributed by atoms with Crippen LogP contribution in [0.4, 0.5) is 0 Å². The monoisotopic (exact) mass is 866 g/mol. The summed E-state index contributed by atoms with van der Waals surface area (Å²) in [5.74, 6) is 1.10. The van der Waals surface area contributed by atoms with Gasteiger partial charge in [0, 0.05) is 41.6 Å². The van der Waals surface area contributed by atoms with Gasteiger partial charge in [0.2, 0.25) is 5.72 Å². The molecule has 2 heterocycles.